The zero-order valence-electron chi connectivity index (χ0n) is 9.32. The highest BCUT2D eigenvalue weighted by Crippen LogP contribution is 2.15. The first-order chi connectivity index (χ1) is 7.65. The molecule has 0 radical (unpaired) electrons. The molecule has 16 heavy (non-hydrogen) atoms. The van der Waals surface area contributed by atoms with E-state index in [1.54, 1.807) is 6.20 Å². The molecule has 86 valence electrons. The first-order valence-corrected chi connectivity index (χ1v) is 5.49. The van der Waals surface area contributed by atoms with Crippen LogP contribution in [0.15, 0.2) is 18.5 Å². The van der Waals surface area contributed by atoms with Gasteiger partial charge in [-0.15, -0.1) is 0 Å². The van der Waals surface area contributed by atoms with Crippen molar-refractivity contribution in [3.63, 3.8) is 0 Å². The Morgan fingerprint density at radius 1 is 1.56 bits per heavy atom. The number of hydrogen-bond acceptors (Lipinski definition) is 3. The van der Waals surface area contributed by atoms with Crippen LogP contribution in [0.1, 0.15) is 18.9 Å². The Morgan fingerprint density at radius 3 is 3.06 bits per heavy atom. The Hall–Kier alpha value is -1.29. The number of nitrogens with zero attached hydrogens (tertiary/aromatic N) is 2. The summed E-state index contributed by atoms with van der Waals surface area (Å²) in [6, 6.07) is 1.49. The van der Waals surface area contributed by atoms with Gasteiger partial charge < -0.3 is 0 Å². The van der Waals surface area contributed by atoms with E-state index in [1.165, 1.54) is 12.3 Å². The number of Topliss-reactive ketones (excluding diaryl/α,β-unsaturated/α-hetero) is 1. The fourth-order valence-electron chi connectivity index (χ4n) is 2.04. The number of halogens is 1. The highest BCUT2D eigenvalue weighted by Gasteiger charge is 2.23. The molecule has 0 spiro atoms. The summed E-state index contributed by atoms with van der Waals surface area (Å²) in [5.41, 5.74) is 0.863. The van der Waals surface area contributed by atoms with Gasteiger partial charge in [0.15, 0.2) is 0 Å². The third-order valence-corrected chi connectivity index (χ3v) is 2.92. The molecule has 1 fully saturated rings. The van der Waals surface area contributed by atoms with Crippen LogP contribution >= 0.6 is 0 Å². The Morgan fingerprint density at radius 2 is 2.38 bits per heavy atom. The van der Waals surface area contributed by atoms with E-state index in [-0.39, 0.29) is 11.7 Å². The average molecular weight is 222 g/mol. The van der Waals surface area contributed by atoms with Gasteiger partial charge in [-0.05, 0) is 11.6 Å². The van der Waals surface area contributed by atoms with Gasteiger partial charge in [0.2, 0.25) is 0 Å². The smallest absolute Gasteiger partial charge is 0.141 e. The predicted molar refractivity (Wildman–Crippen MR) is 58.3 cm³/mol. The van der Waals surface area contributed by atoms with Crippen molar-refractivity contribution in [2.75, 3.05) is 13.1 Å². The summed E-state index contributed by atoms with van der Waals surface area (Å²) in [4.78, 5) is 17.3. The number of carbonyl (C=O) groups is 1. The number of aromatic nitrogens is 1. The second-order valence-electron chi connectivity index (χ2n) is 4.36. The summed E-state index contributed by atoms with van der Waals surface area (Å²) >= 11 is 0. The van der Waals surface area contributed by atoms with E-state index < -0.39 is 0 Å². The fraction of sp³-hybridized carbons (Fsp3) is 0.500. The second-order valence-corrected chi connectivity index (χ2v) is 4.36. The molecule has 2 rings (SSSR count). The molecule has 1 aromatic rings. The van der Waals surface area contributed by atoms with E-state index in [2.05, 4.69) is 9.88 Å². The molecular weight excluding hydrogens is 207 g/mol. The highest BCUT2D eigenvalue weighted by atomic mass is 19.1. The summed E-state index contributed by atoms with van der Waals surface area (Å²) in [5, 5.41) is 0. The topological polar surface area (TPSA) is 33.2 Å². The van der Waals surface area contributed by atoms with Crippen LogP contribution in [0.3, 0.4) is 0 Å². The van der Waals surface area contributed by atoms with Crippen molar-refractivity contribution in [2.45, 2.75) is 19.9 Å². The van der Waals surface area contributed by atoms with Crippen molar-refractivity contribution in [3.05, 3.63) is 29.8 Å². The van der Waals surface area contributed by atoms with E-state index in [4.69, 9.17) is 0 Å². The molecule has 0 aromatic carbocycles. The van der Waals surface area contributed by atoms with Crippen molar-refractivity contribution in [1.29, 1.82) is 0 Å². The predicted octanol–water partition coefficient (Wildman–Crippen LogP) is 1.63. The molecule has 1 aliphatic rings. The van der Waals surface area contributed by atoms with Crippen LogP contribution in [-0.4, -0.2) is 28.8 Å². The molecule has 0 amide bonds. The minimum Gasteiger partial charge on any atom is -0.299 e. The van der Waals surface area contributed by atoms with Crippen LogP contribution in [-0.2, 0) is 11.3 Å². The van der Waals surface area contributed by atoms with E-state index in [1.807, 2.05) is 6.92 Å². The zero-order chi connectivity index (χ0) is 11.5. The number of ketones is 1. The van der Waals surface area contributed by atoms with Gasteiger partial charge in [0.25, 0.3) is 0 Å². The van der Waals surface area contributed by atoms with Crippen molar-refractivity contribution in [3.8, 4) is 0 Å². The number of hydrogen-bond donors (Lipinski definition) is 0. The summed E-state index contributed by atoms with van der Waals surface area (Å²) in [6.07, 6.45) is 3.47. The van der Waals surface area contributed by atoms with Gasteiger partial charge in [-0.1, -0.05) is 6.92 Å². The molecule has 1 atom stereocenters. The van der Waals surface area contributed by atoms with Crippen molar-refractivity contribution in [1.82, 2.24) is 9.88 Å². The third-order valence-electron chi connectivity index (χ3n) is 2.92. The lowest BCUT2D eigenvalue weighted by Gasteiger charge is -2.29. The van der Waals surface area contributed by atoms with Gasteiger partial charge in [0, 0.05) is 38.2 Å². The molecule has 1 saturated heterocycles. The van der Waals surface area contributed by atoms with Crippen molar-refractivity contribution < 1.29 is 9.18 Å². The Balaban J connectivity index is 1.98. The third kappa shape index (κ3) is 2.64. The van der Waals surface area contributed by atoms with Gasteiger partial charge in [-0.3, -0.25) is 14.7 Å². The van der Waals surface area contributed by atoms with Crippen LogP contribution in [0, 0.1) is 11.7 Å². The van der Waals surface area contributed by atoms with Crippen LogP contribution in [0.25, 0.3) is 0 Å². The zero-order valence-corrected chi connectivity index (χ0v) is 9.32. The first kappa shape index (κ1) is 11.2. The van der Waals surface area contributed by atoms with Gasteiger partial charge >= 0.3 is 0 Å². The molecule has 1 aliphatic heterocycles. The van der Waals surface area contributed by atoms with Crippen LogP contribution in [0.5, 0.6) is 0 Å². The summed E-state index contributed by atoms with van der Waals surface area (Å²) in [7, 11) is 0. The van der Waals surface area contributed by atoms with Gasteiger partial charge in [-0.2, -0.15) is 0 Å². The number of piperidine rings is 1. The molecule has 2 heterocycles. The summed E-state index contributed by atoms with van der Waals surface area (Å²) in [5.74, 6) is 0.113. The fourth-order valence-corrected chi connectivity index (χ4v) is 2.04. The molecule has 0 aliphatic carbocycles. The van der Waals surface area contributed by atoms with Crippen LogP contribution in [0.2, 0.25) is 0 Å². The van der Waals surface area contributed by atoms with Gasteiger partial charge in [0.1, 0.15) is 11.6 Å². The number of carbonyl (C=O) groups excluding carboxylic acids is 1. The molecule has 0 N–H and O–H groups in total. The van der Waals surface area contributed by atoms with E-state index in [9.17, 15) is 9.18 Å². The lowest BCUT2D eigenvalue weighted by atomic mass is 9.98. The Bertz CT molecular complexity index is 394. The van der Waals surface area contributed by atoms with Crippen molar-refractivity contribution in [2.24, 2.45) is 5.92 Å². The lowest BCUT2D eigenvalue weighted by molar-refractivity contribution is -0.125. The van der Waals surface area contributed by atoms with Gasteiger partial charge in [0.05, 0.1) is 6.20 Å². The standard InChI is InChI=1S/C12H15FN2O/c1-9-7-15(3-2-12(9)16)8-10-4-11(13)6-14-5-10/h4-6,9H,2-3,7-8H2,1H3. The number of pyridine rings is 1. The molecule has 3 nitrogen and oxygen atoms in total. The Kier molecular flexibility index (Phi) is 3.29. The van der Waals surface area contributed by atoms with E-state index >= 15 is 0 Å². The maximum Gasteiger partial charge on any atom is 0.141 e. The lowest BCUT2D eigenvalue weighted by Crippen LogP contribution is -2.39. The minimum absolute atomic E-state index is 0.0928. The minimum atomic E-state index is -0.307. The monoisotopic (exact) mass is 222 g/mol. The second kappa shape index (κ2) is 4.70. The highest BCUT2D eigenvalue weighted by molar-refractivity contribution is 5.81. The Labute approximate surface area is 94.3 Å². The average Bonchev–Trinajstić information content (AvgIpc) is 2.24. The maximum atomic E-state index is 12.9. The van der Waals surface area contributed by atoms with Crippen LogP contribution < -0.4 is 0 Å². The number of rotatable bonds is 2. The first-order valence-electron chi connectivity index (χ1n) is 5.49. The molecule has 0 bridgehead atoms. The number of likely N-dealkylation sites (tertiary alicyclic amines) is 1. The quantitative estimate of drug-likeness (QED) is 0.762. The van der Waals surface area contributed by atoms with Crippen molar-refractivity contribution >= 4 is 5.78 Å². The van der Waals surface area contributed by atoms with E-state index in [0.717, 1.165) is 18.7 Å². The molecule has 0 saturated carbocycles. The molecule has 4 heteroatoms. The molecular formula is C12H15FN2O. The summed E-state index contributed by atoms with van der Waals surface area (Å²) < 4.78 is 12.9. The maximum absolute atomic E-state index is 12.9. The molecule has 1 unspecified atom stereocenters. The van der Waals surface area contributed by atoms with E-state index in [0.29, 0.717) is 18.7 Å². The SMILES string of the molecule is CC1CN(Cc2cncc(F)c2)CCC1=O. The normalized spacial score (nSPS) is 22.4. The van der Waals surface area contributed by atoms with Crippen LogP contribution in [0.4, 0.5) is 4.39 Å². The van der Waals surface area contributed by atoms with Gasteiger partial charge in [-0.25, -0.2) is 4.39 Å². The summed E-state index contributed by atoms with van der Waals surface area (Å²) in [6.45, 7) is 4.13. The molecule has 1 aromatic heterocycles. The largest absolute Gasteiger partial charge is 0.299 e.